The van der Waals surface area contributed by atoms with Gasteiger partial charge in [0, 0.05) is 24.7 Å². The van der Waals surface area contributed by atoms with E-state index in [4.69, 9.17) is 4.74 Å². The first-order valence-electron chi connectivity index (χ1n) is 6.46. The zero-order valence-electron chi connectivity index (χ0n) is 11.5. The molecule has 6 nitrogen and oxygen atoms in total. The number of nitrogens with zero attached hydrogens (tertiary/aromatic N) is 1. The van der Waals surface area contributed by atoms with Gasteiger partial charge in [-0.2, -0.15) is 0 Å². The van der Waals surface area contributed by atoms with E-state index in [-0.39, 0.29) is 12.5 Å². The van der Waals surface area contributed by atoms with Gasteiger partial charge < -0.3 is 10.1 Å². The standard InChI is InChI=1S/C14H15BrN2O4/c1-21-6-2-5-16-12(18)8-17-11-4-3-9(15)7-10(11)13(19)14(17)20/h3-4,7H,2,5-6,8H2,1H3,(H,16,18). The minimum Gasteiger partial charge on any atom is -0.385 e. The van der Waals surface area contributed by atoms with Gasteiger partial charge in [0.05, 0.1) is 11.3 Å². The highest BCUT2D eigenvalue weighted by atomic mass is 79.9. The summed E-state index contributed by atoms with van der Waals surface area (Å²) in [5.41, 5.74) is 0.793. The first-order valence-corrected chi connectivity index (χ1v) is 7.25. The topological polar surface area (TPSA) is 75.7 Å². The minimum absolute atomic E-state index is 0.161. The molecule has 1 aromatic rings. The summed E-state index contributed by atoms with van der Waals surface area (Å²) in [7, 11) is 1.59. The summed E-state index contributed by atoms with van der Waals surface area (Å²) in [5, 5.41) is 2.69. The van der Waals surface area contributed by atoms with Gasteiger partial charge in [0.2, 0.25) is 5.91 Å². The molecule has 2 amide bonds. The number of carbonyl (C=O) groups excluding carboxylic acids is 3. The van der Waals surface area contributed by atoms with Crippen LogP contribution in [-0.2, 0) is 14.3 Å². The van der Waals surface area contributed by atoms with Gasteiger partial charge in [-0.1, -0.05) is 15.9 Å². The van der Waals surface area contributed by atoms with Crippen LogP contribution in [0.2, 0.25) is 0 Å². The molecule has 0 saturated heterocycles. The van der Waals surface area contributed by atoms with Crippen molar-refractivity contribution in [3.8, 4) is 0 Å². The zero-order chi connectivity index (χ0) is 15.4. The van der Waals surface area contributed by atoms with E-state index in [1.807, 2.05) is 0 Å². The van der Waals surface area contributed by atoms with E-state index in [0.29, 0.717) is 35.3 Å². The average molecular weight is 355 g/mol. The molecule has 0 aliphatic carbocycles. The molecule has 0 bridgehead atoms. The Kier molecular flexibility index (Phi) is 5.08. The Hall–Kier alpha value is -1.73. The quantitative estimate of drug-likeness (QED) is 0.613. The molecule has 21 heavy (non-hydrogen) atoms. The minimum atomic E-state index is -0.671. The van der Waals surface area contributed by atoms with Gasteiger partial charge in [0.15, 0.2) is 0 Å². The molecule has 2 rings (SSSR count). The molecular weight excluding hydrogens is 340 g/mol. The molecule has 0 saturated carbocycles. The van der Waals surface area contributed by atoms with E-state index in [9.17, 15) is 14.4 Å². The van der Waals surface area contributed by atoms with E-state index in [0.717, 1.165) is 0 Å². The summed E-state index contributed by atoms with van der Waals surface area (Å²) in [6.45, 7) is 0.861. The summed E-state index contributed by atoms with van der Waals surface area (Å²) in [6.07, 6.45) is 0.693. The second-order valence-electron chi connectivity index (χ2n) is 4.58. The van der Waals surface area contributed by atoms with Crippen molar-refractivity contribution >= 4 is 39.2 Å². The molecule has 0 unspecified atom stereocenters. The number of Topliss-reactive ketones (excluding diaryl/α,β-unsaturated/α-hetero) is 1. The third kappa shape index (κ3) is 3.48. The number of nitrogens with one attached hydrogen (secondary N) is 1. The van der Waals surface area contributed by atoms with E-state index >= 15 is 0 Å². The predicted octanol–water partition coefficient (Wildman–Crippen LogP) is 1.13. The SMILES string of the molecule is COCCCNC(=O)CN1C(=O)C(=O)c2cc(Br)ccc21. The van der Waals surface area contributed by atoms with Crippen LogP contribution < -0.4 is 10.2 Å². The number of ether oxygens (including phenoxy) is 1. The maximum absolute atomic E-state index is 11.9. The molecule has 7 heteroatoms. The molecule has 0 atom stereocenters. The summed E-state index contributed by atoms with van der Waals surface area (Å²) in [6, 6.07) is 4.97. The Bertz CT molecular complexity index is 588. The van der Waals surface area contributed by atoms with Gasteiger partial charge in [-0.15, -0.1) is 0 Å². The number of amides is 2. The maximum atomic E-state index is 11.9. The number of fused-ring (bicyclic) bond motifs is 1. The Morgan fingerprint density at radius 1 is 1.38 bits per heavy atom. The van der Waals surface area contributed by atoms with Crippen LogP contribution in [0.25, 0.3) is 0 Å². The van der Waals surface area contributed by atoms with Gasteiger partial charge in [-0.3, -0.25) is 19.3 Å². The normalized spacial score (nSPS) is 13.5. The Morgan fingerprint density at radius 2 is 2.14 bits per heavy atom. The maximum Gasteiger partial charge on any atom is 0.299 e. The van der Waals surface area contributed by atoms with E-state index in [1.165, 1.54) is 4.90 Å². The highest BCUT2D eigenvalue weighted by Crippen LogP contribution is 2.30. The van der Waals surface area contributed by atoms with Crippen LogP contribution in [0.5, 0.6) is 0 Å². The van der Waals surface area contributed by atoms with Gasteiger partial charge >= 0.3 is 0 Å². The van der Waals surface area contributed by atoms with Crippen LogP contribution in [0.15, 0.2) is 22.7 Å². The van der Waals surface area contributed by atoms with Gasteiger partial charge in [0.25, 0.3) is 11.7 Å². The highest BCUT2D eigenvalue weighted by molar-refractivity contribution is 9.10. The summed E-state index contributed by atoms with van der Waals surface area (Å²) < 4.78 is 5.60. The Labute approximate surface area is 130 Å². The molecule has 1 aliphatic heterocycles. The number of rotatable bonds is 6. The van der Waals surface area contributed by atoms with Gasteiger partial charge in [-0.25, -0.2) is 0 Å². The largest absolute Gasteiger partial charge is 0.385 e. The smallest absolute Gasteiger partial charge is 0.299 e. The van der Waals surface area contributed by atoms with Crippen molar-refractivity contribution in [2.45, 2.75) is 6.42 Å². The molecule has 0 aromatic heterocycles. The lowest BCUT2D eigenvalue weighted by Gasteiger charge is -2.16. The molecule has 1 N–H and O–H groups in total. The van der Waals surface area contributed by atoms with Crippen molar-refractivity contribution in [2.75, 3.05) is 31.7 Å². The van der Waals surface area contributed by atoms with Crippen LogP contribution >= 0.6 is 15.9 Å². The molecule has 112 valence electrons. The van der Waals surface area contributed by atoms with Crippen LogP contribution in [0.3, 0.4) is 0 Å². The highest BCUT2D eigenvalue weighted by Gasteiger charge is 2.36. The predicted molar refractivity (Wildman–Crippen MR) is 80.3 cm³/mol. The Morgan fingerprint density at radius 3 is 2.86 bits per heavy atom. The summed E-state index contributed by atoms with van der Waals surface area (Å²) in [5.74, 6) is -1.56. The molecule has 0 radical (unpaired) electrons. The van der Waals surface area contributed by atoms with Crippen LogP contribution in [0.4, 0.5) is 5.69 Å². The van der Waals surface area contributed by atoms with E-state index < -0.39 is 11.7 Å². The first kappa shape index (κ1) is 15.7. The third-order valence-electron chi connectivity index (χ3n) is 3.08. The van der Waals surface area contributed by atoms with Crippen LogP contribution in [0.1, 0.15) is 16.8 Å². The number of hydrogen-bond donors (Lipinski definition) is 1. The molecule has 0 fully saturated rings. The van der Waals surface area contributed by atoms with Crippen molar-refractivity contribution in [1.29, 1.82) is 0 Å². The molecule has 1 heterocycles. The number of halogens is 1. The van der Waals surface area contributed by atoms with Crippen molar-refractivity contribution < 1.29 is 19.1 Å². The molecule has 1 aromatic carbocycles. The monoisotopic (exact) mass is 354 g/mol. The van der Waals surface area contributed by atoms with Gasteiger partial charge in [0.1, 0.15) is 6.54 Å². The number of anilines is 1. The summed E-state index contributed by atoms with van der Waals surface area (Å²) in [4.78, 5) is 36.9. The number of carbonyl (C=O) groups is 3. The Balaban J connectivity index is 2.03. The van der Waals surface area contributed by atoms with Crippen molar-refractivity contribution in [3.05, 3.63) is 28.2 Å². The number of benzene rings is 1. The van der Waals surface area contributed by atoms with E-state index in [2.05, 4.69) is 21.2 Å². The fourth-order valence-corrected chi connectivity index (χ4v) is 2.43. The lowest BCUT2D eigenvalue weighted by Crippen LogP contribution is -2.40. The molecule has 1 aliphatic rings. The van der Waals surface area contributed by atoms with Crippen LogP contribution in [0, 0.1) is 0 Å². The van der Waals surface area contributed by atoms with Crippen molar-refractivity contribution in [2.24, 2.45) is 0 Å². The molecule has 0 spiro atoms. The third-order valence-corrected chi connectivity index (χ3v) is 3.58. The second kappa shape index (κ2) is 6.82. The van der Waals surface area contributed by atoms with Crippen molar-refractivity contribution in [1.82, 2.24) is 5.32 Å². The second-order valence-corrected chi connectivity index (χ2v) is 5.49. The number of ketones is 1. The van der Waals surface area contributed by atoms with Crippen LogP contribution in [-0.4, -0.2) is 44.4 Å². The van der Waals surface area contributed by atoms with Gasteiger partial charge in [-0.05, 0) is 24.6 Å². The first-order chi connectivity index (χ1) is 10.0. The fourth-order valence-electron chi connectivity index (χ4n) is 2.07. The van der Waals surface area contributed by atoms with E-state index in [1.54, 1.807) is 25.3 Å². The lowest BCUT2D eigenvalue weighted by atomic mass is 10.1. The summed E-state index contributed by atoms with van der Waals surface area (Å²) >= 11 is 3.26. The zero-order valence-corrected chi connectivity index (χ0v) is 13.1. The van der Waals surface area contributed by atoms with Crippen molar-refractivity contribution in [3.63, 3.8) is 0 Å². The molecular formula is C14H15BrN2O4. The average Bonchev–Trinajstić information content (AvgIpc) is 2.69. The lowest BCUT2D eigenvalue weighted by molar-refractivity contribution is -0.122. The fraction of sp³-hybridized carbons (Fsp3) is 0.357. The number of methoxy groups -OCH3 is 1. The number of hydrogen-bond acceptors (Lipinski definition) is 4.